The van der Waals surface area contributed by atoms with Gasteiger partial charge >= 0.3 is 0 Å². The SMILES string of the molecule is Cc1ccc(NC(=O)Cn2nc(C)c(C)c(C#N)c2=O)cc1C. The lowest BCUT2D eigenvalue weighted by molar-refractivity contribution is -0.117. The summed E-state index contributed by atoms with van der Waals surface area (Å²) >= 11 is 0. The van der Waals surface area contributed by atoms with Crippen LogP contribution in [0.15, 0.2) is 23.0 Å². The van der Waals surface area contributed by atoms with Gasteiger partial charge in [0.1, 0.15) is 18.2 Å². The molecule has 0 bridgehead atoms. The van der Waals surface area contributed by atoms with Crippen molar-refractivity contribution >= 4 is 11.6 Å². The number of hydrogen-bond donors (Lipinski definition) is 1. The lowest BCUT2D eigenvalue weighted by Gasteiger charge is -2.10. The summed E-state index contributed by atoms with van der Waals surface area (Å²) in [5, 5.41) is 15.9. The fraction of sp³-hybridized carbons (Fsp3) is 0.294. The van der Waals surface area contributed by atoms with Crippen LogP contribution in [0.2, 0.25) is 0 Å². The molecular weight excluding hydrogens is 292 g/mol. The number of aryl methyl sites for hydroxylation is 3. The Morgan fingerprint density at radius 1 is 1.26 bits per heavy atom. The smallest absolute Gasteiger partial charge is 0.285 e. The highest BCUT2D eigenvalue weighted by molar-refractivity contribution is 5.90. The number of nitriles is 1. The summed E-state index contributed by atoms with van der Waals surface area (Å²) in [4.78, 5) is 24.3. The second-order valence-corrected chi connectivity index (χ2v) is 5.51. The van der Waals surface area contributed by atoms with Gasteiger partial charge in [0.05, 0.1) is 5.69 Å². The molecule has 0 radical (unpaired) electrons. The third-order valence-electron chi connectivity index (χ3n) is 3.83. The Hall–Kier alpha value is -2.94. The number of carbonyl (C=O) groups excluding carboxylic acids is 1. The Labute approximate surface area is 134 Å². The predicted octanol–water partition coefficient (Wildman–Crippen LogP) is 1.99. The molecule has 0 aliphatic rings. The molecule has 2 rings (SSSR count). The molecule has 1 N–H and O–H groups in total. The van der Waals surface area contributed by atoms with Crippen molar-refractivity contribution in [2.24, 2.45) is 0 Å². The van der Waals surface area contributed by atoms with Gasteiger partial charge in [-0.1, -0.05) is 6.07 Å². The van der Waals surface area contributed by atoms with E-state index in [1.165, 1.54) is 0 Å². The van der Waals surface area contributed by atoms with Gasteiger partial charge in [0.2, 0.25) is 5.91 Å². The first-order valence-electron chi connectivity index (χ1n) is 7.19. The number of nitrogens with one attached hydrogen (secondary N) is 1. The predicted molar refractivity (Wildman–Crippen MR) is 87.2 cm³/mol. The van der Waals surface area contributed by atoms with Crippen molar-refractivity contribution in [3.05, 3.63) is 56.5 Å². The third-order valence-corrected chi connectivity index (χ3v) is 3.83. The Morgan fingerprint density at radius 3 is 2.57 bits per heavy atom. The highest BCUT2D eigenvalue weighted by Crippen LogP contribution is 2.14. The van der Waals surface area contributed by atoms with E-state index in [1.807, 2.05) is 32.0 Å². The van der Waals surface area contributed by atoms with Crippen LogP contribution in [0.25, 0.3) is 0 Å². The zero-order valence-corrected chi connectivity index (χ0v) is 13.6. The highest BCUT2D eigenvalue weighted by atomic mass is 16.2. The Balaban J connectivity index is 2.24. The second-order valence-electron chi connectivity index (χ2n) is 5.51. The molecule has 2 aromatic rings. The van der Waals surface area contributed by atoms with Gasteiger partial charge in [-0.3, -0.25) is 9.59 Å². The molecular formula is C17H18N4O2. The maximum Gasteiger partial charge on any atom is 0.285 e. The molecule has 0 saturated heterocycles. The number of carbonyl (C=O) groups is 1. The maximum absolute atomic E-state index is 12.2. The summed E-state index contributed by atoms with van der Waals surface area (Å²) in [5.74, 6) is -0.366. The molecule has 23 heavy (non-hydrogen) atoms. The molecule has 6 nitrogen and oxygen atoms in total. The minimum Gasteiger partial charge on any atom is -0.324 e. The van der Waals surface area contributed by atoms with Crippen molar-refractivity contribution in [2.45, 2.75) is 34.2 Å². The number of benzene rings is 1. The Kier molecular flexibility index (Phi) is 4.60. The Morgan fingerprint density at radius 2 is 1.96 bits per heavy atom. The van der Waals surface area contributed by atoms with Gasteiger partial charge in [-0.25, -0.2) is 4.68 Å². The Bertz CT molecular complexity index is 875. The lowest BCUT2D eigenvalue weighted by atomic mass is 10.1. The van der Waals surface area contributed by atoms with Gasteiger partial charge < -0.3 is 5.32 Å². The lowest BCUT2D eigenvalue weighted by Crippen LogP contribution is -2.32. The third kappa shape index (κ3) is 3.46. The summed E-state index contributed by atoms with van der Waals surface area (Å²) in [6, 6.07) is 7.46. The number of anilines is 1. The molecule has 0 spiro atoms. The molecule has 1 amide bonds. The summed E-state index contributed by atoms with van der Waals surface area (Å²) < 4.78 is 1.03. The first kappa shape index (κ1) is 16.4. The minimum atomic E-state index is -0.550. The van der Waals surface area contributed by atoms with E-state index in [9.17, 15) is 9.59 Å². The van der Waals surface area contributed by atoms with Crippen molar-refractivity contribution in [3.63, 3.8) is 0 Å². The zero-order chi connectivity index (χ0) is 17.1. The van der Waals surface area contributed by atoms with E-state index in [2.05, 4.69) is 10.4 Å². The van der Waals surface area contributed by atoms with Crippen LogP contribution < -0.4 is 10.9 Å². The van der Waals surface area contributed by atoms with Crippen molar-refractivity contribution < 1.29 is 4.79 Å². The fourth-order valence-electron chi connectivity index (χ4n) is 2.17. The van der Waals surface area contributed by atoms with E-state index in [4.69, 9.17) is 5.26 Å². The van der Waals surface area contributed by atoms with Gasteiger partial charge in [0.25, 0.3) is 5.56 Å². The molecule has 0 aliphatic heterocycles. The summed E-state index contributed by atoms with van der Waals surface area (Å²) in [6.45, 7) is 7.08. The average molecular weight is 310 g/mol. The van der Waals surface area contributed by atoms with Crippen molar-refractivity contribution in [1.82, 2.24) is 9.78 Å². The van der Waals surface area contributed by atoms with Crippen LogP contribution in [0.4, 0.5) is 5.69 Å². The van der Waals surface area contributed by atoms with Crippen LogP contribution >= 0.6 is 0 Å². The number of rotatable bonds is 3. The van der Waals surface area contributed by atoms with E-state index in [0.29, 0.717) is 16.9 Å². The first-order valence-corrected chi connectivity index (χ1v) is 7.19. The largest absolute Gasteiger partial charge is 0.324 e. The van der Waals surface area contributed by atoms with Gasteiger partial charge in [-0.15, -0.1) is 0 Å². The average Bonchev–Trinajstić information content (AvgIpc) is 2.49. The van der Waals surface area contributed by atoms with Gasteiger partial charge in [0, 0.05) is 5.69 Å². The quantitative estimate of drug-likeness (QED) is 0.939. The normalized spacial score (nSPS) is 10.2. The second kappa shape index (κ2) is 6.44. The molecule has 1 aromatic carbocycles. The summed E-state index contributed by atoms with van der Waals surface area (Å²) in [6.07, 6.45) is 0. The van der Waals surface area contributed by atoms with Gasteiger partial charge in [-0.05, 0) is 56.5 Å². The maximum atomic E-state index is 12.2. The molecule has 0 aliphatic carbocycles. The fourth-order valence-corrected chi connectivity index (χ4v) is 2.17. The standard InChI is InChI=1S/C17H18N4O2/c1-10-5-6-14(7-11(10)2)19-16(22)9-21-17(23)15(8-18)12(3)13(4)20-21/h5-7H,9H2,1-4H3,(H,19,22). The minimum absolute atomic E-state index is 0.0245. The molecule has 118 valence electrons. The van der Waals surface area contributed by atoms with Crippen molar-refractivity contribution in [3.8, 4) is 6.07 Å². The van der Waals surface area contributed by atoms with Gasteiger partial charge in [0.15, 0.2) is 0 Å². The molecule has 0 saturated carbocycles. The topological polar surface area (TPSA) is 87.8 Å². The van der Waals surface area contributed by atoms with Crippen molar-refractivity contribution in [1.29, 1.82) is 5.26 Å². The van der Waals surface area contributed by atoms with E-state index in [-0.39, 0.29) is 18.0 Å². The number of hydrogen-bond acceptors (Lipinski definition) is 4. The molecule has 0 fully saturated rings. The number of aromatic nitrogens is 2. The van der Waals surface area contributed by atoms with E-state index in [0.717, 1.165) is 15.8 Å². The zero-order valence-electron chi connectivity index (χ0n) is 13.6. The van der Waals surface area contributed by atoms with Crippen LogP contribution in [0.3, 0.4) is 0 Å². The van der Waals surface area contributed by atoms with E-state index < -0.39 is 5.56 Å². The van der Waals surface area contributed by atoms with E-state index in [1.54, 1.807) is 19.9 Å². The molecule has 0 unspecified atom stereocenters. The monoisotopic (exact) mass is 310 g/mol. The first-order chi connectivity index (χ1) is 10.8. The molecule has 1 heterocycles. The highest BCUT2D eigenvalue weighted by Gasteiger charge is 2.14. The molecule has 6 heteroatoms. The van der Waals surface area contributed by atoms with Crippen LogP contribution in [0, 0.1) is 39.0 Å². The summed E-state index contributed by atoms with van der Waals surface area (Å²) in [7, 11) is 0. The van der Waals surface area contributed by atoms with Crippen LogP contribution in [0.5, 0.6) is 0 Å². The molecule has 1 aromatic heterocycles. The van der Waals surface area contributed by atoms with Gasteiger partial charge in [-0.2, -0.15) is 10.4 Å². The number of nitrogens with zero attached hydrogens (tertiary/aromatic N) is 3. The van der Waals surface area contributed by atoms with Crippen LogP contribution in [0.1, 0.15) is 27.9 Å². The van der Waals surface area contributed by atoms with Crippen molar-refractivity contribution in [2.75, 3.05) is 5.32 Å². The molecule has 0 atom stereocenters. The van der Waals surface area contributed by atoms with Crippen LogP contribution in [-0.4, -0.2) is 15.7 Å². The van der Waals surface area contributed by atoms with E-state index >= 15 is 0 Å². The summed E-state index contributed by atoms with van der Waals surface area (Å²) in [5.41, 5.74) is 3.44. The number of amides is 1. The van der Waals surface area contributed by atoms with Crippen LogP contribution in [-0.2, 0) is 11.3 Å².